The Labute approximate surface area is 133 Å². The standard InChI is InChI=1S/C17H18N2O4/c1-10(20)22-14-8-5-9-15(23-11(2)21)17-16(14)18-12-6-3-4-7-13(12)19-17/h3-4,6-7,14-15H,5,8-9H2,1-2H3. The molecular formula is C17H18N2O4. The third kappa shape index (κ3) is 3.31. The van der Waals surface area contributed by atoms with Crippen molar-refractivity contribution in [1.82, 2.24) is 9.97 Å². The quantitative estimate of drug-likeness (QED) is 0.626. The Morgan fingerprint density at radius 3 is 1.74 bits per heavy atom. The van der Waals surface area contributed by atoms with E-state index in [0.29, 0.717) is 24.2 Å². The van der Waals surface area contributed by atoms with Crippen LogP contribution >= 0.6 is 0 Å². The Bertz CT molecular complexity index is 697. The van der Waals surface area contributed by atoms with E-state index >= 15 is 0 Å². The molecule has 6 nitrogen and oxygen atoms in total. The maximum Gasteiger partial charge on any atom is 0.303 e. The fourth-order valence-electron chi connectivity index (χ4n) is 2.89. The summed E-state index contributed by atoms with van der Waals surface area (Å²) in [6, 6.07) is 7.48. The number of benzene rings is 1. The molecule has 0 bridgehead atoms. The number of hydrogen-bond donors (Lipinski definition) is 0. The molecule has 23 heavy (non-hydrogen) atoms. The second-order valence-electron chi connectivity index (χ2n) is 5.61. The summed E-state index contributed by atoms with van der Waals surface area (Å²) in [5, 5.41) is 0. The minimum atomic E-state index is -0.458. The van der Waals surface area contributed by atoms with E-state index in [1.54, 1.807) is 0 Å². The molecule has 0 radical (unpaired) electrons. The Kier molecular flexibility index (Phi) is 4.23. The smallest absolute Gasteiger partial charge is 0.303 e. The SMILES string of the molecule is CC(=O)OC1CCCC(OC(C)=O)c2nc3ccccc3nc21. The minimum Gasteiger partial charge on any atom is -0.456 e. The zero-order valence-electron chi connectivity index (χ0n) is 13.1. The molecule has 120 valence electrons. The van der Waals surface area contributed by atoms with Crippen LogP contribution in [-0.4, -0.2) is 21.9 Å². The Hall–Kier alpha value is -2.50. The van der Waals surface area contributed by atoms with Crippen LogP contribution in [0.1, 0.15) is 56.7 Å². The van der Waals surface area contributed by atoms with Crippen LogP contribution in [0.4, 0.5) is 0 Å². The van der Waals surface area contributed by atoms with E-state index in [9.17, 15) is 9.59 Å². The summed E-state index contributed by atoms with van der Waals surface area (Å²) in [6.45, 7) is 2.76. The number of nitrogens with zero attached hydrogens (tertiary/aromatic N) is 2. The molecule has 2 aromatic rings. The lowest BCUT2D eigenvalue weighted by atomic mass is 10.1. The van der Waals surface area contributed by atoms with Gasteiger partial charge in [0, 0.05) is 13.8 Å². The van der Waals surface area contributed by atoms with Crippen LogP contribution in [0.5, 0.6) is 0 Å². The lowest BCUT2D eigenvalue weighted by molar-refractivity contribution is -0.148. The average molecular weight is 314 g/mol. The zero-order chi connectivity index (χ0) is 16.4. The molecule has 1 heterocycles. The van der Waals surface area contributed by atoms with Crippen molar-refractivity contribution >= 4 is 23.0 Å². The number of para-hydroxylation sites is 2. The van der Waals surface area contributed by atoms with Gasteiger partial charge in [0.2, 0.25) is 0 Å². The van der Waals surface area contributed by atoms with Gasteiger partial charge in [-0.2, -0.15) is 0 Å². The molecule has 2 atom stereocenters. The van der Waals surface area contributed by atoms with Crippen LogP contribution in [0.3, 0.4) is 0 Å². The van der Waals surface area contributed by atoms with E-state index < -0.39 is 12.2 Å². The van der Waals surface area contributed by atoms with Crippen LogP contribution in [0, 0.1) is 0 Å². The summed E-state index contributed by atoms with van der Waals surface area (Å²) < 4.78 is 10.8. The molecule has 0 aliphatic heterocycles. The van der Waals surface area contributed by atoms with Gasteiger partial charge in [0.15, 0.2) is 0 Å². The van der Waals surface area contributed by atoms with Gasteiger partial charge in [-0.3, -0.25) is 9.59 Å². The molecule has 1 aromatic heterocycles. The van der Waals surface area contributed by atoms with Crippen LogP contribution in [0.2, 0.25) is 0 Å². The highest BCUT2D eigenvalue weighted by molar-refractivity contribution is 5.74. The highest BCUT2D eigenvalue weighted by atomic mass is 16.5. The third-order valence-corrected chi connectivity index (χ3v) is 3.78. The van der Waals surface area contributed by atoms with Gasteiger partial charge in [-0.25, -0.2) is 9.97 Å². The number of aromatic nitrogens is 2. The van der Waals surface area contributed by atoms with Crippen molar-refractivity contribution in [3.63, 3.8) is 0 Å². The number of esters is 2. The van der Waals surface area contributed by atoms with Crippen molar-refractivity contribution in [2.45, 2.75) is 45.3 Å². The molecule has 0 saturated heterocycles. The summed E-state index contributed by atoms with van der Waals surface area (Å²) >= 11 is 0. The van der Waals surface area contributed by atoms with Crippen molar-refractivity contribution in [2.75, 3.05) is 0 Å². The second kappa shape index (κ2) is 6.32. The molecule has 2 unspecified atom stereocenters. The van der Waals surface area contributed by atoms with Crippen molar-refractivity contribution in [2.24, 2.45) is 0 Å². The summed E-state index contributed by atoms with van der Waals surface area (Å²) in [5.41, 5.74) is 2.63. The summed E-state index contributed by atoms with van der Waals surface area (Å²) in [4.78, 5) is 32.1. The number of rotatable bonds is 2. The molecule has 3 rings (SSSR count). The van der Waals surface area contributed by atoms with Gasteiger partial charge in [-0.15, -0.1) is 0 Å². The molecule has 1 aliphatic carbocycles. The monoisotopic (exact) mass is 314 g/mol. The van der Waals surface area contributed by atoms with Gasteiger partial charge in [-0.1, -0.05) is 12.1 Å². The van der Waals surface area contributed by atoms with Crippen molar-refractivity contribution in [1.29, 1.82) is 0 Å². The highest BCUT2D eigenvalue weighted by Gasteiger charge is 2.31. The van der Waals surface area contributed by atoms with Gasteiger partial charge in [0.05, 0.1) is 11.0 Å². The first-order chi connectivity index (χ1) is 11.0. The van der Waals surface area contributed by atoms with Crippen LogP contribution < -0.4 is 0 Å². The lowest BCUT2D eigenvalue weighted by Crippen LogP contribution is -2.15. The number of carbonyl (C=O) groups excluding carboxylic acids is 2. The maximum absolute atomic E-state index is 11.4. The first-order valence-electron chi connectivity index (χ1n) is 7.65. The van der Waals surface area contributed by atoms with Crippen molar-refractivity contribution in [3.8, 4) is 0 Å². The Balaban J connectivity index is 2.13. The fourth-order valence-corrected chi connectivity index (χ4v) is 2.89. The van der Waals surface area contributed by atoms with E-state index in [1.165, 1.54) is 13.8 Å². The molecule has 1 aromatic carbocycles. The third-order valence-electron chi connectivity index (χ3n) is 3.78. The number of carbonyl (C=O) groups is 2. The van der Waals surface area contributed by atoms with Crippen LogP contribution in [-0.2, 0) is 19.1 Å². The Morgan fingerprint density at radius 1 is 0.913 bits per heavy atom. The largest absolute Gasteiger partial charge is 0.456 e. The topological polar surface area (TPSA) is 78.4 Å². The summed E-state index contributed by atoms with van der Waals surface area (Å²) in [7, 11) is 0. The number of ether oxygens (including phenoxy) is 2. The predicted octanol–water partition coefficient (Wildman–Crippen LogP) is 3.02. The van der Waals surface area contributed by atoms with Crippen LogP contribution in [0.15, 0.2) is 24.3 Å². The Morgan fingerprint density at radius 2 is 1.35 bits per heavy atom. The van der Waals surface area contributed by atoms with Gasteiger partial charge >= 0.3 is 11.9 Å². The van der Waals surface area contributed by atoms with Gasteiger partial charge in [0.1, 0.15) is 23.6 Å². The summed E-state index contributed by atoms with van der Waals surface area (Å²) in [5.74, 6) is -0.719. The van der Waals surface area contributed by atoms with E-state index in [0.717, 1.165) is 17.5 Å². The average Bonchev–Trinajstić information content (AvgIpc) is 2.65. The van der Waals surface area contributed by atoms with Gasteiger partial charge in [-0.05, 0) is 31.4 Å². The fraction of sp³-hybridized carbons (Fsp3) is 0.412. The minimum absolute atomic E-state index is 0.359. The number of fused-ring (bicyclic) bond motifs is 2. The molecule has 0 saturated carbocycles. The van der Waals surface area contributed by atoms with Gasteiger partial charge < -0.3 is 9.47 Å². The lowest BCUT2D eigenvalue weighted by Gasteiger charge is -2.19. The van der Waals surface area contributed by atoms with Gasteiger partial charge in [0.25, 0.3) is 0 Å². The highest BCUT2D eigenvalue weighted by Crippen LogP contribution is 2.37. The first-order valence-corrected chi connectivity index (χ1v) is 7.65. The van der Waals surface area contributed by atoms with Crippen molar-refractivity contribution < 1.29 is 19.1 Å². The molecular weight excluding hydrogens is 296 g/mol. The zero-order valence-corrected chi connectivity index (χ0v) is 13.1. The van der Waals surface area contributed by atoms with E-state index in [2.05, 4.69) is 9.97 Å². The molecule has 6 heteroatoms. The predicted molar refractivity (Wildman–Crippen MR) is 82.4 cm³/mol. The van der Waals surface area contributed by atoms with E-state index in [1.807, 2.05) is 24.3 Å². The molecule has 0 spiro atoms. The second-order valence-corrected chi connectivity index (χ2v) is 5.61. The molecule has 0 fully saturated rings. The number of hydrogen-bond acceptors (Lipinski definition) is 6. The van der Waals surface area contributed by atoms with Crippen molar-refractivity contribution in [3.05, 3.63) is 35.7 Å². The molecule has 0 amide bonds. The normalized spacial score (nSPS) is 20.4. The van der Waals surface area contributed by atoms with E-state index in [-0.39, 0.29) is 11.9 Å². The maximum atomic E-state index is 11.4. The van der Waals surface area contributed by atoms with E-state index in [4.69, 9.17) is 9.47 Å². The molecule has 1 aliphatic rings. The molecule has 0 N–H and O–H groups in total. The van der Waals surface area contributed by atoms with Crippen LogP contribution in [0.25, 0.3) is 11.0 Å². The first kappa shape index (κ1) is 15.4. The summed E-state index contributed by atoms with van der Waals surface area (Å²) in [6.07, 6.45) is 1.11.